The number of rotatable bonds is 3. The Balaban J connectivity index is 1.96. The Morgan fingerprint density at radius 3 is 2.44 bits per heavy atom. The smallest absolute Gasteiger partial charge is 0.204 e. The van der Waals surface area contributed by atoms with Gasteiger partial charge in [-0.05, 0) is 43.7 Å². The van der Waals surface area contributed by atoms with E-state index in [-0.39, 0.29) is 5.43 Å². The van der Waals surface area contributed by atoms with Crippen LogP contribution < -0.4 is 19.6 Å². The fraction of sp³-hybridized carbons (Fsp3) is 0.227. The summed E-state index contributed by atoms with van der Waals surface area (Å²) >= 11 is 0. The largest absolute Gasteiger partial charge is 0.497 e. The lowest BCUT2D eigenvalue weighted by Crippen LogP contribution is -2.27. The molecule has 0 fully saturated rings. The highest BCUT2D eigenvalue weighted by Gasteiger charge is 2.27. The Kier molecular flexibility index (Phi) is 3.95. The molecule has 2 aromatic carbocycles. The molecule has 5 heteroatoms. The maximum atomic E-state index is 13.2. The second-order valence-corrected chi connectivity index (χ2v) is 6.94. The summed E-state index contributed by atoms with van der Waals surface area (Å²) < 4.78 is 22.6. The van der Waals surface area contributed by atoms with E-state index >= 15 is 0 Å². The Labute approximate surface area is 156 Å². The molecule has 1 aliphatic rings. The van der Waals surface area contributed by atoms with Crippen molar-refractivity contribution in [1.82, 2.24) is 0 Å². The average molecular weight is 364 g/mol. The first-order valence-electron chi connectivity index (χ1n) is 8.63. The van der Waals surface area contributed by atoms with Gasteiger partial charge in [0.05, 0.1) is 25.3 Å². The van der Waals surface area contributed by atoms with E-state index in [0.717, 1.165) is 16.9 Å². The van der Waals surface area contributed by atoms with E-state index in [2.05, 4.69) is 0 Å². The van der Waals surface area contributed by atoms with Crippen molar-refractivity contribution in [2.45, 2.75) is 19.4 Å². The van der Waals surface area contributed by atoms with Crippen LogP contribution in [0.5, 0.6) is 17.2 Å². The summed E-state index contributed by atoms with van der Waals surface area (Å²) in [7, 11) is 3.15. The zero-order valence-corrected chi connectivity index (χ0v) is 15.7. The molecule has 3 aromatic rings. The molecule has 1 aliphatic heterocycles. The zero-order valence-electron chi connectivity index (χ0n) is 15.7. The molecule has 0 bridgehead atoms. The van der Waals surface area contributed by atoms with Crippen molar-refractivity contribution in [3.8, 4) is 28.4 Å². The summed E-state index contributed by atoms with van der Waals surface area (Å²) in [5.41, 5.74) is 1.79. The van der Waals surface area contributed by atoms with Crippen LogP contribution in [0.25, 0.3) is 28.2 Å². The summed E-state index contributed by atoms with van der Waals surface area (Å²) in [6.07, 6.45) is 5.34. The van der Waals surface area contributed by atoms with Crippen molar-refractivity contribution in [2.75, 3.05) is 14.2 Å². The summed E-state index contributed by atoms with van der Waals surface area (Å²) in [5.74, 6) is 1.81. The number of hydrogen-bond donors (Lipinski definition) is 0. The third kappa shape index (κ3) is 2.85. The van der Waals surface area contributed by atoms with E-state index in [1.165, 1.54) is 6.26 Å². The van der Waals surface area contributed by atoms with Gasteiger partial charge in [0, 0.05) is 6.07 Å². The summed E-state index contributed by atoms with van der Waals surface area (Å²) in [6, 6.07) is 9.02. The third-order valence-electron chi connectivity index (χ3n) is 4.65. The van der Waals surface area contributed by atoms with Crippen molar-refractivity contribution in [3.05, 3.63) is 58.5 Å². The van der Waals surface area contributed by atoms with E-state index in [1.54, 1.807) is 20.3 Å². The van der Waals surface area contributed by atoms with Crippen LogP contribution in [-0.4, -0.2) is 19.8 Å². The summed E-state index contributed by atoms with van der Waals surface area (Å²) in [4.78, 5) is 13.2. The molecule has 2 heterocycles. The van der Waals surface area contributed by atoms with Crippen LogP contribution in [0.3, 0.4) is 0 Å². The second-order valence-electron chi connectivity index (χ2n) is 6.94. The quantitative estimate of drug-likeness (QED) is 0.676. The Bertz CT molecular complexity index is 1100. The predicted octanol–water partition coefficient (Wildman–Crippen LogP) is 4.66. The second kappa shape index (κ2) is 6.20. The van der Waals surface area contributed by atoms with Crippen LogP contribution in [0.2, 0.25) is 0 Å². The van der Waals surface area contributed by atoms with Crippen LogP contribution in [0.1, 0.15) is 19.4 Å². The molecule has 4 rings (SSSR count). The van der Waals surface area contributed by atoms with E-state index in [0.29, 0.717) is 28.0 Å². The molecule has 1 aromatic heterocycles. The molecule has 0 saturated carbocycles. The predicted molar refractivity (Wildman–Crippen MR) is 105 cm³/mol. The van der Waals surface area contributed by atoms with Crippen LogP contribution >= 0.6 is 0 Å². The molecule has 0 amide bonds. The van der Waals surface area contributed by atoms with E-state index in [9.17, 15) is 4.79 Å². The minimum absolute atomic E-state index is 0.153. The standard InChI is InChI=1S/C22H20O5/c1-22(2)10-9-15-17(27-22)11-18-19(21(15)25-4)20(23)16(12-26-18)13-5-7-14(24-3)8-6-13/h5-12H,1-4H3. The Morgan fingerprint density at radius 2 is 1.78 bits per heavy atom. The highest BCUT2D eigenvalue weighted by atomic mass is 16.5. The topological polar surface area (TPSA) is 57.9 Å². The van der Waals surface area contributed by atoms with Crippen molar-refractivity contribution < 1.29 is 18.6 Å². The zero-order chi connectivity index (χ0) is 19.2. The Hall–Kier alpha value is -3.21. The van der Waals surface area contributed by atoms with Crippen LogP contribution in [0.15, 0.2) is 51.9 Å². The van der Waals surface area contributed by atoms with Gasteiger partial charge < -0.3 is 18.6 Å². The molecule has 27 heavy (non-hydrogen) atoms. The van der Waals surface area contributed by atoms with Gasteiger partial charge in [-0.25, -0.2) is 0 Å². The first-order valence-corrected chi connectivity index (χ1v) is 8.63. The van der Waals surface area contributed by atoms with Gasteiger partial charge >= 0.3 is 0 Å². The minimum atomic E-state index is -0.435. The normalized spacial score (nSPS) is 14.5. The summed E-state index contributed by atoms with van der Waals surface area (Å²) in [5, 5.41) is 0.400. The molecule has 0 radical (unpaired) electrons. The first kappa shape index (κ1) is 17.2. The molecule has 0 unspecified atom stereocenters. The van der Waals surface area contributed by atoms with Gasteiger partial charge in [-0.3, -0.25) is 4.79 Å². The molecule has 0 saturated heterocycles. The van der Waals surface area contributed by atoms with Gasteiger partial charge in [-0.1, -0.05) is 12.1 Å². The number of benzene rings is 2. The highest BCUT2D eigenvalue weighted by Crippen LogP contribution is 2.41. The van der Waals surface area contributed by atoms with Gasteiger partial charge in [0.1, 0.15) is 40.1 Å². The number of ether oxygens (including phenoxy) is 3. The Morgan fingerprint density at radius 1 is 1.04 bits per heavy atom. The first-order chi connectivity index (χ1) is 12.9. The van der Waals surface area contributed by atoms with Gasteiger partial charge in [0.25, 0.3) is 0 Å². The highest BCUT2D eigenvalue weighted by molar-refractivity contribution is 5.93. The van der Waals surface area contributed by atoms with E-state index in [4.69, 9.17) is 18.6 Å². The maximum absolute atomic E-state index is 13.2. The number of fused-ring (bicyclic) bond motifs is 2. The van der Waals surface area contributed by atoms with Gasteiger partial charge in [-0.15, -0.1) is 0 Å². The van der Waals surface area contributed by atoms with E-state index in [1.807, 2.05) is 50.3 Å². The molecule has 138 valence electrons. The fourth-order valence-electron chi connectivity index (χ4n) is 3.27. The van der Waals surface area contributed by atoms with Gasteiger partial charge in [0.2, 0.25) is 5.43 Å². The third-order valence-corrected chi connectivity index (χ3v) is 4.65. The molecule has 0 aliphatic carbocycles. The molecular formula is C22H20O5. The molecule has 5 nitrogen and oxygen atoms in total. The lowest BCUT2D eigenvalue weighted by molar-refractivity contribution is 0.158. The lowest BCUT2D eigenvalue weighted by Gasteiger charge is -2.28. The average Bonchev–Trinajstić information content (AvgIpc) is 2.66. The molecule has 0 atom stereocenters. The van der Waals surface area contributed by atoms with Crippen LogP contribution in [0.4, 0.5) is 0 Å². The van der Waals surface area contributed by atoms with Gasteiger partial charge in [0.15, 0.2) is 0 Å². The molecule has 0 N–H and O–H groups in total. The summed E-state index contributed by atoms with van der Waals surface area (Å²) in [6.45, 7) is 3.93. The molecular weight excluding hydrogens is 344 g/mol. The van der Waals surface area contributed by atoms with E-state index < -0.39 is 5.60 Å². The van der Waals surface area contributed by atoms with Crippen molar-refractivity contribution >= 4 is 17.0 Å². The monoisotopic (exact) mass is 364 g/mol. The van der Waals surface area contributed by atoms with Crippen LogP contribution in [-0.2, 0) is 0 Å². The fourth-order valence-corrected chi connectivity index (χ4v) is 3.27. The van der Waals surface area contributed by atoms with Gasteiger partial charge in [-0.2, -0.15) is 0 Å². The number of hydrogen-bond acceptors (Lipinski definition) is 5. The number of methoxy groups -OCH3 is 2. The lowest BCUT2D eigenvalue weighted by atomic mass is 9.98. The van der Waals surface area contributed by atoms with Crippen molar-refractivity contribution in [3.63, 3.8) is 0 Å². The maximum Gasteiger partial charge on any atom is 0.204 e. The minimum Gasteiger partial charge on any atom is -0.497 e. The SMILES string of the molecule is COc1ccc(-c2coc3cc4c(c(OC)c3c2=O)C=CC(C)(C)O4)cc1. The van der Waals surface area contributed by atoms with Crippen LogP contribution in [0, 0.1) is 0 Å². The van der Waals surface area contributed by atoms with Crippen molar-refractivity contribution in [2.24, 2.45) is 0 Å². The van der Waals surface area contributed by atoms with Crippen molar-refractivity contribution in [1.29, 1.82) is 0 Å². The molecule has 0 spiro atoms.